The van der Waals surface area contributed by atoms with Crippen LogP contribution in [0.2, 0.25) is 0 Å². The van der Waals surface area contributed by atoms with Crippen LogP contribution in [0, 0.1) is 5.92 Å². The zero-order valence-corrected chi connectivity index (χ0v) is 11.6. The molecule has 1 saturated heterocycles. The zero-order valence-electron chi connectivity index (χ0n) is 11.6. The van der Waals surface area contributed by atoms with Crippen LogP contribution in [0.1, 0.15) is 53.4 Å². The van der Waals surface area contributed by atoms with Gasteiger partial charge in [-0.25, -0.2) is 0 Å². The number of piperidine rings is 1. The van der Waals surface area contributed by atoms with E-state index in [1.165, 1.54) is 32.2 Å². The number of nitrogens with one attached hydrogen (secondary N) is 1. The number of rotatable bonds is 6. The maximum absolute atomic E-state index is 3.59. The molecule has 16 heavy (non-hydrogen) atoms. The van der Waals surface area contributed by atoms with Crippen molar-refractivity contribution in [2.45, 2.75) is 65.5 Å². The fourth-order valence-corrected chi connectivity index (χ4v) is 2.78. The molecule has 1 aliphatic rings. The van der Waals surface area contributed by atoms with E-state index in [2.05, 4.69) is 37.9 Å². The topological polar surface area (TPSA) is 15.3 Å². The van der Waals surface area contributed by atoms with Crippen molar-refractivity contribution in [3.8, 4) is 0 Å². The molecule has 0 amide bonds. The molecule has 2 unspecified atom stereocenters. The quantitative estimate of drug-likeness (QED) is 0.701. The summed E-state index contributed by atoms with van der Waals surface area (Å²) in [4.78, 5) is 2.73. The van der Waals surface area contributed by atoms with Gasteiger partial charge in [0.15, 0.2) is 0 Å². The van der Waals surface area contributed by atoms with E-state index in [-0.39, 0.29) is 0 Å². The summed E-state index contributed by atoms with van der Waals surface area (Å²) in [7, 11) is 0. The highest BCUT2D eigenvalue weighted by Gasteiger charge is 2.27. The molecule has 0 aromatic heterocycles. The summed E-state index contributed by atoms with van der Waals surface area (Å²) in [5.41, 5.74) is 0. The molecule has 1 rings (SSSR count). The highest BCUT2D eigenvalue weighted by molar-refractivity contribution is 4.83. The summed E-state index contributed by atoms with van der Waals surface area (Å²) in [6.45, 7) is 13.0. The van der Waals surface area contributed by atoms with Gasteiger partial charge in [0.05, 0.1) is 0 Å². The van der Waals surface area contributed by atoms with Gasteiger partial charge in [-0.3, -0.25) is 4.90 Å². The molecular formula is C14H30N2. The van der Waals surface area contributed by atoms with E-state index < -0.39 is 0 Å². The largest absolute Gasteiger partial charge is 0.315 e. The van der Waals surface area contributed by atoms with Crippen LogP contribution in [-0.4, -0.2) is 36.6 Å². The van der Waals surface area contributed by atoms with Crippen molar-refractivity contribution in [3.63, 3.8) is 0 Å². The van der Waals surface area contributed by atoms with Gasteiger partial charge < -0.3 is 5.32 Å². The van der Waals surface area contributed by atoms with E-state index in [1.54, 1.807) is 0 Å². The lowest BCUT2D eigenvalue weighted by Gasteiger charge is -2.41. The highest BCUT2D eigenvalue weighted by atomic mass is 15.2. The molecular weight excluding hydrogens is 196 g/mol. The Bertz CT molecular complexity index is 180. The first-order chi connectivity index (χ1) is 7.66. The van der Waals surface area contributed by atoms with E-state index in [0.29, 0.717) is 0 Å². The minimum absolute atomic E-state index is 0.724. The Morgan fingerprint density at radius 3 is 2.62 bits per heavy atom. The molecule has 1 fully saturated rings. The minimum atomic E-state index is 0.724. The molecule has 96 valence electrons. The molecule has 2 heteroatoms. The Kier molecular flexibility index (Phi) is 6.37. The molecule has 0 aromatic rings. The van der Waals surface area contributed by atoms with Crippen molar-refractivity contribution in [1.29, 1.82) is 0 Å². The first kappa shape index (κ1) is 14.0. The second-order valence-corrected chi connectivity index (χ2v) is 5.60. The van der Waals surface area contributed by atoms with Gasteiger partial charge >= 0.3 is 0 Å². The number of hydrogen-bond acceptors (Lipinski definition) is 2. The van der Waals surface area contributed by atoms with Crippen LogP contribution in [0.25, 0.3) is 0 Å². The SMILES string of the molecule is CCCNCC(C(C)C)N1CCCCC1C. The van der Waals surface area contributed by atoms with Crippen LogP contribution in [0.3, 0.4) is 0 Å². The highest BCUT2D eigenvalue weighted by Crippen LogP contribution is 2.22. The predicted molar refractivity (Wildman–Crippen MR) is 71.8 cm³/mol. The first-order valence-corrected chi connectivity index (χ1v) is 7.13. The van der Waals surface area contributed by atoms with Gasteiger partial charge in [0.1, 0.15) is 0 Å². The molecule has 0 radical (unpaired) electrons. The molecule has 0 aliphatic carbocycles. The molecule has 0 saturated carbocycles. The van der Waals surface area contributed by atoms with Gasteiger partial charge in [0.25, 0.3) is 0 Å². The molecule has 2 nitrogen and oxygen atoms in total. The Hall–Kier alpha value is -0.0800. The molecule has 1 aliphatic heterocycles. The van der Waals surface area contributed by atoms with Crippen molar-refractivity contribution in [1.82, 2.24) is 10.2 Å². The normalized spacial score (nSPS) is 24.9. The monoisotopic (exact) mass is 226 g/mol. The summed E-state index contributed by atoms with van der Waals surface area (Å²) >= 11 is 0. The lowest BCUT2D eigenvalue weighted by atomic mass is 9.95. The van der Waals surface area contributed by atoms with Crippen molar-refractivity contribution >= 4 is 0 Å². The standard InChI is InChI=1S/C14H30N2/c1-5-9-15-11-14(12(2)3)16-10-7-6-8-13(16)4/h12-15H,5-11H2,1-4H3. The maximum Gasteiger partial charge on any atom is 0.0246 e. The van der Waals surface area contributed by atoms with E-state index in [4.69, 9.17) is 0 Å². The first-order valence-electron chi connectivity index (χ1n) is 7.13. The van der Waals surface area contributed by atoms with Crippen LogP contribution in [-0.2, 0) is 0 Å². The average Bonchev–Trinajstić information content (AvgIpc) is 2.25. The molecule has 0 aromatic carbocycles. The third kappa shape index (κ3) is 4.06. The van der Waals surface area contributed by atoms with Crippen LogP contribution in [0.5, 0.6) is 0 Å². The lowest BCUT2D eigenvalue weighted by molar-refractivity contribution is 0.0778. The van der Waals surface area contributed by atoms with Crippen LogP contribution in [0.4, 0.5) is 0 Å². The second-order valence-electron chi connectivity index (χ2n) is 5.60. The summed E-state index contributed by atoms with van der Waals surface area (Å²) in [6.07, 6.45) is 5.43. The van der Waals surface area contributed by atoms with Crippen LogP contribution in [0.15, 0.2) is 0 Å². The summed E-state index contributed by atoms with van der Waals surface area (Å²) in [5.74, 6) is 0.755. The second kappa shape index (κ2) is 7.29. The number of likely N-dealkylation sites (tertiary alicyclic amines) is 1. The van der Waals surface area contributed by atoms with Crippen LogP contribution >= 0.6 is 0 Å². The molecule has 2 atom stereocenters. The molecule has 0 bridgehead atoms. The van der Waals surface area contributed by atoms with Gasteiger partial charge in [-0.15, -0.1) is 0 Å². The third-order valence-corrected chi connectivity index (χ3v) is 3.83. The van der Waals surface area contributed by atoms with Crippen molar-refractivity contribution in [2.75, 3.05) is 19.6 Å². The number of nitrogens with zero attached hydrogens (tertiary/aromatic N) is 1. The van der Waals surface area contributed by atoms with Gasteiger partial charge in [-0.05, 0) is 45.2 Å². The van der Waals surface area contributed by atoms with E-state index >= 15 is 0 Å². The summed E-state index contributed by atoms with van der Waals surface area (Å²) < 4.78 is 0. The smallest absolute Gasteiger partial charge is 0.0246 e. The maximum atomic E-state index is 3.59. The van der Waals surface area contributed by atoms with Gasteiger partial charge in [0.2, 0.25) is 0 Å². The van der Waals surface area contributed by atoms with Crippen molar-refractivity contribution in [3.05, 3.63) is 0 Å². The minimum Gasteiger partial charge on any atom is -0.315 e. The Labute approximate surface area is 102 Å². The van der Waals surface area contributed by atoms with Crippen LogP contribution < -0.4 is 5.32 Å². The van der Waals surface area contributed by atoms with E-state index in [9.17, 15) is 0 Å². The predicted octanol–water partition coefficient (Wildman–Crippen LogP) is 2.89. The van der Waals surface area contributed by atoms with Crippen molar-refractivity contribution in [2.24, 2.45) is 5.92 Å². The van der Waals surface area contributed by atoms with E-state index in [0.717, 1.165) is 31.1 Å². The fraction of sp³-hybridized carbons (Fsp3) is 1.00. The molecule has 1 N–H and O–H groups in total. The Morgan fingerprint density at radius 2 is 2.06 bits per heavy atom. The Morgan fingerprint density at radius 1 is 1.31 bits per heavy atom. The van der Waals surface area contributed by atoms with Gasteiger partial charge in [-0.2, -0.15) is 0 Å². The Balaban J connectivity index is 2.47. The lowest BCUT2D eigenvalue weighted by Crippen LogP contribution is -2.51. The number of hydrogen-bond donors (Lipinski definition) is 1. The third-order valence-electron chi connectivity index (χ3n) is 3.83. The zero-order chi connectivity index (χ0) is 12.0. The molecule has 0 spiro atoms. The fourth-order valence-electron chi connectivity index (χ4n) is 2.78. The van der Waals surface area contributed by atoms with E-state index in [1.807, 2.05) is 0 Å². The summed E-state index contributed by atoms with van der Waals surface area (Å²) in [6, 6.07) is 1.51. The van der Waals surface area contributed by atoms with Crippen molar-refractivity contribution < 1.29 is 0 Å². The van der Waals surface area contributed by atoms with Gasteiger partial charge in [0, 0.05) is 18.6 Å². The molecule has 1 heterocycles. The average molecular weight is 226 g/mol. The van der Waals surface area contributed by atoms with Gasteiger partial charge in [-0.1, -0.05) is 27.2 Å². The summed E-state index contributed by atoms with van der Waals surface area (Å²) in [5, 5.41) is 3.59.